The maximum atomic E-state index is 13.5. The molecular weight excluding hydrogens is 297 g/mol. The minimum Gasteiger partial charge on any atom is -0.387 e. The molecule has 2 aromatic rings. The quantitative estimate of drug-likeness (QED) is 0.897. The third-order valence-corrected chi connectivity index (χ3v) is 3.18. The predicted octanol–water partition coefficient (Wildman–Crippen LogP) is 4.08. The van der Waals surface area contributed by atoms with E-state index in [4.69, 9.17) is 0 Å². The molecule has 5 heteroatoms. The van der Waals surface area contributed by atoms with Crippen molar-refractivity contribution in [2.24, 2.45) is 0 Å². The van der Waals surface area contributed by atoms with Crippen molar-refractivity contribution >= 4 is 33.0 Å². The minimum absolute atomic E-state index is 0.291. The lowest BCUT2D eigenvalue weighted by Gasteiger charge is -2.11. The summed E-state index contributed by atoms with van der Waals surface area (Å²) in [6, 6.07) is 5.12. The highest BCUT2D eigenvalue weighted by molar-refractivity contribution is 9.10. The Morgan fingerprint density at radius 2 is 1.89 bits per heavy atom. The molecule has 0 radical (unpaired) electrons. The lowest BCUT2D eigenvalue weighted by atomic mass is 10.2. The van der Waals surface area contributed by atoms with Gasteiger partial charge in [0, 0.05) is 12.7 Å². The number of hydrogen-bond acceptors (Lipinski definition) is 3. The largest absolute Gasteiger partial charge is 0.387 e. The third kappa shape index (κ3) is 2.79. The molecular formula is C13H13BrFN3. The lowest BCUT2D eigenvalue weighted by molar-refractivity contribution is 0.621. The number of halogens is 2. The number of benzene rings is 1. The Bertz CT molecular complexity index is 572. The Morgan fingerprint density at radius 3 is 2.61 bits per heavy atom. The monoisotopic (exact) mass is 309 g/mol. The van der Waals surface area contributed by atoms with E-state index in [1.165, 1.54) is 6.07 Å². The van der Waals surface area contributed by atoms with E-state index in [0.717, 1.165) is 22.6 Å². The lowest BCUT2D eigenvalue weighted by Crippen LogP contribution is -1.97. The maximum Gasteiger partial charge on any atom is 0.139 e. The van der Waals surface area contributed by atoms with Gasteiger partial charge in [-0.1, -0.05) is 0 Å². The Hall–Kier alpha value is -1.62. The first-order chi connectivity index (χ1) is 8.60. The normalized spacial score (nSPS) is 10.2. The minimum atomic E-state index is -0.291. The fraction of sp³-hybridized carbons (Fsp3) is 0.154. The van der Waals surface area contributed by atoms with E-state index in [9.17, 15) is 4.39 Å². The Balaban J connectivity index is 2.30. The van der Waals surface area contributed by atoms with Crippen LogP contribution in [0, 0.1) is 12.7 Å². The van der Waals surface area contributed by atoms with Crippen LogP contribution >= 0.6 is 15.9 Å². The first kappa shape index (κ1) is 12.8. The van der Waals surface area contributed by atoms with Gasteiger partial charge in [0.15, 0.2) is 0 Å². The van der Waals surface area contributed by atoms with Crippen LogP contribution in [0.25, 0.3) is 0 Å². The van der Waals surface area contributed by atoms with Crippen LogP contribution in [-0.4, -0.2) is 12.0 Å². The molecule has 2 rings (SSSR count). The average Bonchev–Trinajstić information content (AvgIpc) is 2.36. The summed E-state index contributed by atoms with van der Waals surface area (Å²) in [4.78, 5) is 4.09. The fourth-order valence-electron chi connectivity index (χ4n) is 1.58. The molecule has 94 valence electrons. The molecule has 0 unspecified atom stereocenters. The van der Waals surface area contributed by atoms with Crippen molar-refractivity contribution in [1.29, 1.82) is 0 Å². The molecule has 2 N–H and O–H groups in total. The molecule has 0 spiro atoms. The highest BCUT2D eigenvalue weighted by Crippen LogP contribution is 2.27. The molecule has 0 bridgehead atoms. The number of aryl methyl sites for hydroxylation is 1. The molecule has 1 aromatic carbocycles. The standard InChI is InChI=1S/C13H13BrFN3/c1-8-3-11(14)12(15)5-13(8)18-10-4-9(16-2)6-17-7-10/h3-7,16,18H,1-2H3. The molecule has 0 aliphatic carbocycles. The zero-order valence-electron chi connectivity index (χ0n) is 10.1. The summed E-state index contributed by atoms with van der Waals surface area (Å²) in [5.74, 6) is -0.291. The number of nitrogens with one attached hydrogen (secondary N) is 2. The molecule has 1 heterocycles. The van der Waals surface area contributed by atoms with E-state index in [1.54, 1.807) is 18.5 Å². The summed E-state index contributed by atoms with van der Waals surface area (Å²) in [6.45, 7) is 1.92. The summed E-state index contributed by atoms with van der Waals surface area (Å²) in [6.07, 6.45) is 3.42. The van der Waals surface area contributed by atoms with E-state index in [-0.39, 0.29) is 5.82 Å². The molecule has 0 fully saturated rings. The van der Waals surface area contributed by atoms with Gasteiger partial charge < -0.3 is 10.6 Å². The molecule has 1 aromatic heterocycles. The van der Waals surface area contributed by atoms with Gasteiger partial charge in [-0.3, -0.25) is 4.98 Å². The summed E-state index contributed by atoms with van der Waals surface area (Å²) in [5.41, 5.74) is 3.39. The van der Waals surface area contributed by atoms with Crippen LogP contribution in [0.5, 0.6) is 0 Å². The van der Waals surface area contributed by atoms with Crippen molar-refractivity contribution < 1.29 is 4.39 Å². The molecule has 0 aliphatic rings. The second kappa shape index (κ2) is 5.35. The van der Waals surface area contributed by atoms with E-state index in [2.05, 4.69) is 31.5 Å². The second-order valence-electron chi connectivity index (χ2n) is 3.92. The van der Waals surface area contributed by atoms with Gasteiger partial charge in [-0.15, -0.1) is 0 Å². The van der Waals surface area contributed by atoms with Crippen LogP contribution in [0.3, 0.4) is 0 Å². The van der Waals surface area contributed by atoms with Gasteiger partial charge >= 0.3 is 0 Å². The summed E-state index contributed by atoms with van der Waals surface area (Å²) in [5, 5.41) is 6.16. The number of rotatable bonds is 3. The van der Waals surface area contributed by atoms with Gasteiger partial charge in [-0.25, -0.2) is 4.39 Å². The Labute approximate surface area is 114 Å². The maximum absolute atomic E-state index is 13.5. The molecule has 0 amide bonds. The van der Waals surface area contributed by atoms with Crippen LogP contribution in [0.4, 0.5) is 21.5 Å². The van der Waals surface area contributed by atoms with Gasteiger partial charge in [0.2, 0.25) is 0 Å². The van der Waals surface area contributed by atoms with Crippen molar-refractivity contribution in [2.75, 3.05) is 17.7 Å². The van der Waals surface area contributed by atoms with Crippen molar-refractivity contribution in [1.82, 2.24) is 4.98 Å². The Morgan fingerprint density at radius 1 is 1.17 bits per heavy atom. The van der Waals surface area contributed by atoms with Crippen molar-refractivity contribution in [3.63, 3.8) is 0 Å². The molecule has 0 atom stereocenters. The fourth-order valence-corrected chi connectivity index (χ4v) is 2.04. The highest BCUT2D eigenvalue weighted by atomic mass is 79.9. The molecule has 0 saturated heterocycles. The van der Waals surface area contributed by atoms with E-state index in [1.807, 2.05) is 20.0 Å². The zero-order chi connectivity index (χ0) is 13.1. The Kier molecular flexibility index (Phi) is 3.81. The van der Waals surface area contributed by atoms with Crippen molar-refractivity contribution in [2.45, 2.75) is 6.92 Å². The van der Waals surface area contributed by atoms with E-state index >= 15 is 0 Å². The first-order valence-electron chi connectivity index (χ1n) is 5.45. The molecule has 3 nitrogen and oxygen atoms in total. The van der Waals surface area contributed by atoms with Crippen LogP contribution in [0.1, 0.15) is 5.56 Å². The summed E-state index contributed by atoms with van der Waals surface area (Å²) in [7, 11) is 1.82. The summed E-state index contributed by atoms with van der Waals surface area (Å²) >= 11 is 3.16. The number of hydrogen-bond donors (Lipinski definition) is 2. The molecule has 0 saturated carbocycles. The number of aromatic nitrogens is 1. The number of nitrogens with zero attached hydrogens (tertiary/aromatic N) is 1. The highest BCUT2D eigenvalue weighted by Gasteiger charge is 2.06. The van der Waals surface area contributed by atoms with Crippen LogP contribution in [-0.2, 0) is 0 Å². The van der Waals surface area contributed by atoms with Crippen molar-refractivity contribution in [3.05, 3.63) is 46.4 Å². The van der Waals surface area contributed by atoms with E-state index in [0.29, 0.717) is 4.47 Å². The van der Waals surface area contributed by atoms with E-state index < -0.39 is 0 Å². The van der Waals surface area contributed by atoms with Crippen LogP contribution in [0.15, 0.2) is 35.1 Å². The van der Waals surface area contributed by atoms with Gasteiger partial charge in [0.05, 0.1) is 28.2 Å². The zero-order valence-corrected chi connectivity index (χ0v) is 11.7. The first-order valence-corrected chi connectivity index (χ1v) is 6.25. The molecule has 18 heavy (non-hydrogen) atoms. The summed E-state index contributed by atoms with van der Waals surface area (Å²) < 4.78 is 14.0. The predicted molar refractivity (Wildman–Crippen MR) is 75.9 cm³/mol. The number of pyridine rings is 1. The van der Waals surface area contributed by atoms with Crippen LogP contribution < -0.4 is 10.6 Å². The van der Waals surface area contributed by atoms with Gasteiger partial charge in [-0.2, -0.15) is 0 Å². The third-order valence-electron chi connectivity index (χ3n) is 2.57. The van der Waals surface area contributed by atoms with Crippen LogP contribution in [0.2, 0.25) is 0 Å². The second-order valence-corrected chi connectivity index (χ2v) is 4.77. The average molecular weight is 310 g/mol. The van der Waals surface area contributed by atoms with Gasteiger partial charge in [0.1, 0.15) is 5.82 Å². The van der Waals surface area contributed by atoms with Crippen molar-refractivity contribution in [3.8, 4) is 0 Å². The SMILES string of the molecule is CNc1cncc(Nc2cc(F)c(Br)cc2C)c1. The van der Waals surface area contributed by atoms with Gasteiger partial charge in [0.25, 0.3) is 0 Å². The molecule has 0 aliphatic heterocycles. The van der Waals surface area contributed by atoms with Gasteiger partial charge in [-0.05, 0) is 46.6 Å². The number of anilines is 3. The topological polar surface area (TPSA) is 37.0 Å². The smallest absolute Gasteiger partial charge is 0.139 e.